The van der Waals surface area contributed by atoms with Crippen LogP contribution in [-0.2, 0) is 4.79 Å². The lowest BCUT2D eigenvalue weighted by atomic mass is 10.1. The Balaban J connectivity index is 1.81. The Morgan fingerprint density at radius 2 is 2.00 bits per heavy atom. The van der Waals surface area contributed by atoms with Gasteiger partial charge in [-0.25, -0.2) is 4.98 Å². The topological polar surface area (TPSA) is 67.2 Å². The summed E-state index contributed by atoms with van der Waals surface area (Å²) in [5.74, 6) is 0.498. The van der Waals surface area contributed by atoms with Gasteiger partial charge in [-0.1, -0.05) is 24.6 Å². The molecule has 26 heavy (non-hydrogen) atoms. The van der Waals surface area contributed by atoms with Gasteiger partial charge in [0.25, 0.3) is 0 Å². The zero-order valence-corrected chi connectivity index (χ0v) is 15.9. The van der Waals surface area contributed by atoms with Gasteiger partial charge in [-0.3, -0.25) is 4.79 Å². The van der Waals surface area contributed by atoms with E-state index in [1.165, 1.54) is 5.56 Å². The summed E-state index contributed by atoms with van der Waals surface area (Å²) >= 11 is 5.17. The summed E-state index contributed by atoms with van der Waals surface area (Å²) in [6, 6.07) is 11.7. The van der Waals surface area contributed by atoms with E-state index in [0.717, 1.165) is 28.8 Å². The first-order chi connectivity index (χ1) is 12.5. The van der Waals surface area contributed by atoms with Gasteiger partial charge in [-0.15, -0.1) is 0 Å². The number of amides is 1. The van der Waals surface area contributed by atoms with Crippen molar-refractivity contribution in [3.05, 3.63) is 47.5 Å². The first-order valence-corrected chi connectivity index (χ1v) is 8.96. The standard InChI is InChI=1S/C20H21N3O2S/c1-4-5-18(24)23-20(26)21-14-7-9-17-16(11-14)22-19(25-17)15-8-6-12(2)10-13(15)3/h6-11H,4-5H2,1-3H3,(H2,21,23,24,26). The van der Waals surface area contributed by atoms with Crippen molar-refractivity contribution >= 4 is 40.0 Å². The van der Waals surface area contributed by atoms with Crippen LogP contribution in [-0.4, -0.2) is 16.0 Å². The lowest BCUT2D eigenvalue weighted by molar-refractivity contribution is -0.119. The van der Waals surface area contributed by atoms with E-state index in [1.807, 2.05) is 44.2 Å². The highest BCUT2D eigenvalue weighted by molar-refractivity contribution is 7.80. The first kappa shape index (κ1) is 18.1. The molecule has 2 aromatic carbocycles. The van der Waals surface area contributed by atoms with Crippen molar-refractivity contribution in [2.45, 2.75) is 33.6 Å². The lowest BCUT2D eigenvalue weighted by Gasteiger charge is -2.08. The van der Waals surface area contributed by atoms with Gasteiger partial charge in [0.2, 0.25) is 11.8 Å². The summed E-state index contributed by atoms with van der Waals surface area (Å²) < 4.78 is 5.89. The van der Waals surface area contributed by atoms with Gasteiger partial charge in [0.1, 0.15) is 5.52 Å². The quantitative estimate of drug-likeness (QED) is 0.653. The van der Waals surface area contributed by atoms with Gasteiger partial charge in [-0.2, -0.15) is 0 Å². The number of hydrogen-bond donors (Lipinski definition) is 2. The van der Waals surface area contributed by atoms with Gasteiger partial charge >= 0.3 is 0 Å². The fourth-order valence-electron chi connectivity index (χ4n) is 2.75. The van der Waals surface area contributed by atoms with E-state index in [0.29, 0.717) is 17.9 Å². The van der Waals surface area contributed by atoms with Crippen molar-refractivity contribution in [3.8, 4) is 11.5 Å². The van der Waals surface area contributed by atoms with E-state index in [-0.39, 0.29) is 11.0 Å². The number of aryl methyl sites for hydroxylation is 2. The molecule has 0 saturated heterocycles. The van der Waals surface area contributed by atoms with E-state index in [2.05, 4.69) is 28.6 Å². The summed E-state index contributed by atoms with van der Waals surface area (Å²) in [5.41, 5.74) is 5.48. The number of fused-ring (bicyclic) bond motifs is 1. The molecule has 0 aliphatic rings. The Morgan fingerprint density at radius 3 is 2.73 bits per heavy atom. The fourth-order valence-corrected chi connectivity index (χ4v) is 2.98. The van der Waals surface area contributed by atoms with Crippen molar-refractivity contribution in [2.75, 3.05) is 5.32 Å². The normalized spacial score (nSPS) is 10.7. The van der Waals surface area contributed by atoms with Crippen LogP contribution in [0.1, 0.15) is 30.9 Å². The van der Waals surface area contributed by atoms with E-state index in [4.69, 9.17) is 16.6 Å². The number of nitrogens with zero attached hydrogens (tertiary/aromatic N) is 1. The Kier molecular flexibility index (Phi) is 5.32. The zero-order chi connectivity index (χ0) is 18.7. The molecule has 1 heterocycles. The van der Waals surface area contributed by atoms with Gasteiger partial charge in [-0.05, 0) is 62.3 Å². The molecule has 0 saturated carbocycles. The largest absolute Gasteiger partial charge is 0.436 e. The van der Waals surface area contributed by atoms with E-state index >= 15 is 0 Å². The zero-order valence-electron chi connectivity index (χ0n) is 15.1. The Bertz CT molecular complexity index is 978. The minimum Gasteiger partial charge on any atom is -0.436 e. The molecule has 6 heteroatoms. The number of aromatic nitrogens is 1. The molecule has 0 fully saturated rings. The monoisotopic (exact) mass is 367 g/mol. The maximum atomic E-state index is 11.6. The molecule has 0 radical (unpaired) electrons. The van der Waals surface area contributed by atoms with Crippen molar-refractivity contribution in [3.63, 3.8) is 0 Å². The van der Waals surface area contributed by atoms with Crippen LogP contribution in [0.2, 0.25) is 0 Å². The lowest BCUT2D eigenvalue weighted by Crippen LogP contribution is -2.33. The molecule has 3 aromatic rings. The molecule has 0 bridgehead atoms. The van der Waals surface area contributed by atoms with Gasteiger partial charge < -0.3 is 15.1 Å². The Morgan fingerprint density at radius 1 is 1.19 bits per heavy atom. The Hall–Kier alpha value is -2.73. The van der Waals surface area contributed by atoms with Gasteiger partial charge in [0.15, 0.2) is 10.7 Å². The fraction of sp³-hybridized carbons (Fsp3) is 0.250. The van der Waals surface area contributed by atoms with Crippen LogP contribution in [0.3, 0.4) is 0 Å². The molecule has 3 rings (SSSR count). The minimum atomic E-state index is -0.0929. The summed E-state index contributed by atoms with van der Waals surface area (Å²) in [7, 11) is 0. The molecule has 0 atom stereocenters. The SMILES string of the molecule is CCCC(=O)NC(=S)Nc1ccc2oc(-c3ccc(C)cc3C)nc2c1. The third-order valence-electron chi connectivity index (χ3n) is 3.99. The minimum absolute atomic E-state index is 0.0929. The molecule has 0 aliphatic heterocycles. The molecule has 5 nitrogen and oxygen atoms in total. The van der Waals surface area contributed by atoms with Gasteiger partial charge in [0.05, 0.1) is 0 Å². The van der Waals surface area contributed by atoms with E-state index < -0.39 is 0 Å². The van der Waals surface area contributed by atoms with Crippen LogP contribution in [0.25, 0.3) is 22.6 Å². The highest BCUT2D eigenvalue weighted by Gasteiger charge is 2.12. The third-order valence-corrected chi connectivity index (χ3v) is 4.19. The molecule has 1 amide bonds. The number of nitrogens with one attached hydrogen (secondary N) is 2. The number of anilines is 1. The second-order valence-electron chi connectivity index (χ2n) is 6.27. The van der Waals surface area contributed by atoms with Crippen LogP contribution in [0.5, 0.6) is 0 Å². The summed E-state index contributed by atoms with van der Waals surface area (Å²) in [5, 5.41) is 5.95. The van der Waals surface area contributed by atoms with Crippen molar-refractivity contribution < 1.29 is 9.21 Å². The van der Waals surface area contributed by atoms with E-state index in [1.54, 1.807) is 0 Å². The van der Waals surface area contributed by atoms with Crippen LogP contribution < -0.4 is 10.6 Å². The molecular weight excluding hydrogens is 346 g/mol. The van der Waals surface area contributed by atoms with Crippen LogP contribution in [0.15, 0.2) is 40.8 Å². The van der Waals surface area contributed by atoms with Crippen molar-refractivity contribution in [1.29, 1.82) is 0 Å². The maximum Gasteiger partial charge on any atom is 0.227 e. The van der Waals surface area contributed by atoms with Crippen LogP contribution in [0.4, 0.5) is 5.69 Å². The number of carbonyl (C=O) groups is 1. The second kappa shape index (κ2) is 7.66. The van der Waals surface area contributed by atoms with Crippen LogP contribution in [0, 0.1) is 13.8 Å². The Labute approximate surface area is 157 Å². The molecule has 2 N–H and O–H groups in total. The number of carbonyl (C=O) groups excluding carboxylic acids is 1. The summed E-state index contributed by atoms with van der Waals surface area (Å²) in [4.78, 5) is 16.2. The highest BCUT2D eigenvalue weighted by atomic mass is 32.1. The van der Waals surface area contributed by atoms with Crippen LogP contribution >= 0.6 is 12.2 Å². The smallest absolute Gasteiger partial charge is 0.227 e. The summed E-state index contributed by atoms with van der Waals surface area (Å²) in [6.45, 7) is 6.05. The maximum absolute atomic E-state index is 11.6. The van der Waals surface area contributed by atoms with E-state index in [9.17, 15) is 4.79 Å². The number of oxazole rings is 1. The molecular formula is C20H21N3O2S. The predicted molar refractivity (Wildman–Crippen MR) is 108 cm³/mol. The molecule has 134 valence electrons. The molecule has 0 unspecified atom stereocenters. The first-order valence-electron chi connectivity index (χ1n) is 8.55. The second-order valence-corrected chi connectivity index (χ2v) is 6.68. The van der Waals surface area contributed by atoms with Crippen molar-refractivity contribution in [2.24, 2.45) is 0 Å². The number of hydrogen-bond acceptors (Lipinski definition) is 4. The molecule has 0 aliphatic carbocycles. The average molecular weight is 367 g/mol. The highest BCUT2D eigenvalue weighted by Crippen LogP contribution is 2.28. The number of rotatable bonds is 4. The average Bonchev–Trinajstić information content (AvgIpc) is 2.97. The number of thiocarbonyl (C=S) groups is 1. The summed E-state index contributed by atoms with van der Waals surface area (Å²) in [6.07, 6.45) is 1.23. The molecule has 1 aromatic heterocycles. The van der Waals surface area contributed by atoms with Crippen molar-refractivity contribution in [1.82, 2.24) is 10.3 Å². The third kappa shape index (κ3) is 4.08. The predicted octanol–water partition coefficient (Wildman–Crippen LogP) is 4.72. The molecule has 0 spiro atoms. The number of benzene rings is 2. The van der Waals surface area contributed by atoms with Gasteiger partial charge in [0, 0.05) is 17.7 Å².